The third-order valence-corrected chi connectivity index (χ3v) is 4.60. The lowest BCUT2D eigenvalue weighted by atomic mass is 9.90. The third-order valence-electron chi connectivity index (χ3n) is 4.60. The summed E-state index contributed by atoms with van der Waals surface area (Å²) in [5.74, 6) is 0.0197. The molecule has 1 aromatic heterocycles. The number of pyridine rings is 1. The van der Waals surface area contributed by atoms with Gasteiger partial charge in [0.2, 0.25) is 0 Å². The molecule has 1 saturated heterocycles. The lowest BCUT2D eigenvalue weighted by molar-refractivity contribution is 0.0688. The van der Waals surface area contributed by atoms with E-state index in [1.54, 1.807) is 36.1 Å². The summed E-state index contributed by atoms with van der Waals surface area (Å²) in [5.41, 5.74) is 1.60. The average Bonchev–Trinajstić information content (AvgIpc) is 2.55. The van der Waals surface area contributed by atoms with Crippen LogP contribution in [0.5, 0.6) is 0 Å². The first-order valence-electron chi connectivity index (χ1n) is 8.26. The van der Waals surface area contributed by atoms with Crippen LogP contribution in [0.15, 0.2) is 41.2 Å². The molecule has 1 aliphatic rings. The highest BCUT2D eigenvalue weighted by Gasteiger charge is 2.25. The van der Waals surface area contributed by atoms with Crippen molar-refractivity contribution in [1.29, 1.82) is 0 Å². The molecule has 1 aliphatic heterocycles. The van der Waals surface area contributed by atoms with E-state index in [4.69, 9.17) is 0 Å². The Morgan fingerprint density at radius 1 is 1.25 bits per heavy atom. The van der Waals surface area contributed by atoms with E-state index < -0.39 is 0 Å². The maximum absolute atomic E-state index is 13.3. The SMILES string of the molecule is Cc1ccc(C(=O)N2CCC(Cc3cccc(F)c3)CC2)c(=O)[nH]1. The molecule has 0 saturated carbocycles. The molecule has 0 unspecified atom stereocenters. The van der Waals surface area contributed by atoms with Gasteiger partial charge in [0.1, 0.15) is 11.4 Å². The number of benzene rings is 1. The van der Waals surface area contributed by atoms with Crippen LogP contribution in [-0.4, -0.2) is 28.9 Å². The number of halogens is 1. The van der Waals surface area contributed by atoms with E-state index in [1.807, 2.05) is 6.07 Å². The molecule has 3 rings (SSSR count). The topological polar surface area (TPSA) is 53.2 Å². The molecule has 1 aromatic carbocycles. The summed E-state index contributed by atoms with van der Waals surface area (Å²) >= 11 is 0. The lowest BCUT2D eigenvalue weighted by Crippen LogP contribution is -2.41. The van der Waals surface area contributed by atoms with Crippen molar-refractivity contribution in [2.45, 2.75) is 26.2 Å². The molecular formula is C19H21FN2O2. The number of hydrogen-bond acceptors (Lipinski definition) is 2. The average molecular weight is 328 g/mol. The molecule has 0 radical (unpaired) electrons. The first-order chi connectivity index (χ1) is 11.5. The number of aromatic nitrogens is 1. The summed E-state index contributed by atoms with van der Waals surface area (Å²) in [5, 5.41) is 0. The highest BCUT2D eigenvalue weighted by atomic mass is 19.1. The monoisotopic (exact) mass is 328 g/mol. The molecular weight excluding hydrogens is 307 g/mol. The van der Waals surface area contributed by atoms with Gasteiger partial charge in [-0.25, -0.2) is 4.39 Å². The largest absolute Gasteiger partial charge is 0.338 e. The molecule has 1 N–H and O–H groups in total. The minimum atomic E-state index is -0.332. The molecule has 4 nitrogen and oxygen atoms in total. The number of H-pyrrole nitrogens is 1. The molecule has 2 heterocycles. The fourth-order valence-electron chi connectivity index (χ4n) is 3.25. The number of carbonyl (C=O) groups excluding carboxylic acids is 1. The van der Waals surface area contributed by atoms with Gasteiger partial charge in [-0.1, -0.05) is 12.1 Å². The van der Waals surface area contributed by atoms with Crippen LogP contribution in [0.25, 0.3) is 0 Å². The number of piperidine rings is 1. The molecule has 0 atom stereocenters. The van der Waals surface area contributed by atoms with E-state index in [0.717, 1.165) is 30.5 Å². The summed E-state index contributed by atoms with van der Waals surface area (Å²) in [7, 11) is 0. The predicted octanol–water partition coefficient (Wildman–Crippen LogP) is 2.92. The summed E-state index contributed by atoms with van der Waals surface area (Å²) in [6, 6.07) is 10.0. The quantitative estimate of drug-likeness (QED) is 0.942. The smallest absolute Gasteiger partial charge is 0.260 e. The van der Waals surface area contributed by atoms with Gasteiger partial charge in [-0.2, -0.15) is 0 Å². The van der Waals surface area contributed by atoms with E-state index >= 15 is 0 Å². The Hall–Kier alpha value is -2.43. The Morgan fingerprint density at radius 3 is 2.67 bits per heavy atom. The van der Waals surface area contributed by atoms with Crippen molar-refractivity contribution in [2.75, 3.05) is 13.1 Å². The zero-order valence-corrected chi connectivity index (χ0v) is 13.7. The fraction of sp³-hybridized carbons (Fsp3) is 0.368. The highest BCUT2D eigenvalue weighted by Crippen LogP contribution is 2.22. The third kappa shape index (κ3) is 3.72. The van der Waals surface area contributed by atoms with Crippen molar-refractivity contribution in [3.05, 3.63) is 69.4 Å². The molecule has 1 fully saturated rings. The van der Waals surface area contributed by atoms with Crippen LogP contribution in [0.1, 0.15) is 34.5 Å². The molecule has 0 bridgehead atoms. The molecule has 126 valence electrons. The summed E-state index contributed by atoms with van der Waals surface area (Å²) in [6.45, 7) is 3.05. The van der Waals surface area contributed by atoms with E-state index in [-0.39, 0.29) is 22.8 Å². The van der Waals surface area contributed by atoms with Crippen LogP contribution in [0.3, 0.4) is 0 Å². The van der Waals surface area contributed by atoms with Gasteiger partial charge in [-0.15, -0.1) is 0 Å². The van der Waals surface area contributed by atoms with Gasteiger partial charge in [-0.05, 0) is 61.9 Å². The van der Waals surface area contributed by atoms with Crippen molar-refractivity contribution >= 4 is 5.91 Å². The normalized spacial score (nSPS) is 15.5. The Morgan fingerprint density at radius 2 is 2.00 bits per heavy atom. The second-order valence-corrected chi connectivity index (χ2v) is 6.45. The van der Waals surface area contributed by atoms with Crippen molar-refractivity contribution in [3.8, 4) is 0 Å². The van der Waals surface area contributed by atoms with Crippen molar-refractivity contribution < 1.29 is 9.18 Å². The van der Waals surface area contributed by atoms with E-state index in [0.29, 0.717) is 19.0 Å². The van der Waals surface area contributed by atoms with E-state index in [1.165, 1.54) is 6.07 Å². The number of amides is 1. The fourth-order valence-corrected chi connectivity index (χ4v) is 3.25. The van der Waals surface area contributed by atoms with Crippen molar-refractivity contribution in [2.24, 2.45) is 5.92 Å². The van der Waals surface area contributed by atoms with E-state index in [9.17, 15) is 14.0 Å². The number of rotatable bonds is 3. The van der Waals surface area contributed by atoms with Crippen LogP contribution < -0.4 is 5.56 Å². The minimum Gasteiger partial charge on any atom is -0.338 e. The maximum atomic E-state index is 13.3. The van der Waals surface area contributed by atoms with Crippen molar-refractivity contribution in [1.82, 2.24) is 9.88 Å². The minimum absolute atomic E-state index is 0.198. The lowest BCUT2D eigenvalue weighted by Gasteiger charge is -2.32. The summed E-state index contributed by atoms with van der Waals surface area (Å²) in [6.07, 6.45) is 2.56. The summed E-state index contributed by atoms with van der Waals surface area (Å²) in [4.78, 5) is 28.8. The standard InChI is InChI=1S/C19H21FN2O2/c1-13-5-6-17(18(23)21-13)19(24)22-9-7-14(8-10-22)11-15-3-2-4-16(20)12-15/h2-6,12,14H,7-11H2,1H3,(H,21,23). The molecule has 0 aliphatic carbocycles. The number of hydrogen-bond donors (Lipinski definition) is 1. The molecule has 24 heavy (non-hydrogen) atoms. The molecule has 1 amide bonds. The molecule has 0 spiro atoms. The number of likely N-dealkylation sites (tertiary alicyclic amines) is 1. The van der Waals surface area contributed by atoms with Crippen LogP contribution in [-0.2, 0) is 6.42 Å². The zero-order valence-electron chi connectivity index (χ0n) is 13.7. The highest BCUT2D eigenvalue weighted by molar-refractivity contribution is 5.93. The van der Waals surface area contributed by atoms with Crippen molar-refractivity contribution in [3.63, 3.8) is 0 Å². The van der Waals surface area contributed by atoms with Gasteiger partial charge >= 0.3 is 0 Å². The first kappa shape index (κ1) is 16.4. The van der Waals surface area contributed by atoms with Crippen LogP contribution in [0, 0.1) is 18.7 Å². The second-order valence-electron chi connectivity index (χ2n) is 6.45. The zero-order chi connectivity index (χ0) is 17.1. The van der Waals surface area contributed by atoms with Crippen LogP contribution in [0.2, 0.25) is 0 Å². The predicted molar refractivity (Wildman–Crippen MR) is 90.5 cm³/mol. The Bertz CT molecular complexity index is 792. The van der Waals surface area contributed by atoms with Gasteiger partial charge in [0.15, 0.2) is 0 Å². The summed E-state index contributed by atoms with van der Waals surface area (Å²) < 4.78 is 13.3. The molecule has 5 heteroatoms. The number of aromatic amines is 1. The number of carbonyl (C=O) groups is 1. The van der Waals surface area contributed by atoms with Crippen LogP contribution in [0.4, 0.5) is 4.39 Å². The van der Waals surface area contributed by atoms with Gasteiger partial charge < -0.3 is 9.88 Å². The molecule has 2 aromatic rings. The number of aryl methyl sites for hydroxylation is 1. The Labute approximate surface area is 140 Å². The van der Waals surface area contributed by atoms with Crippen LogP contribution >= 0.6 is 0 Å². The number of nitrogens with one attached hydrogen (secondary N) is 1. The Balaban J connectivity index is 1.60. The van der Waals surface area contributed by atoms with E-state index in [2.05, 4.69) is 4.98 Å². The van der Waals surface area contributed by atoms with Gasteiger partial charge in [-0.3, -0.25) is 9.59 Å². The van der Waals surface area contributed by atoms with Gasteiger partial charge in [0.25, 0.3) is 11.5 Å². The van der Waals surface area contributed by atoms with Gasteiger partial charge in [0.05, 0.1) is 0 Å². The second kappa shape index (κ2) is 6.99. The van der Waals surface area contributed by atoms with Gasteiger partial charge in [0, 0.05) is 18.8 Å². The Kier molecular flexibility index (Phi) is 4.79. The number of nitrogens with zero attached hydrogens (tertiary/aromatic N) is 1. The first-order valence-corrected chi connectivity index (χ1v) is 8.26. The maximum Gasteiger partial charge on any atom is 0.260 e.